The molecular weight excluding hydrogens is 380 g/mol. The maximum absolute atomic E-state index is 13.4. The number of pyridine rings is 1. The number of carbonyl (C=O) groups excluding carboxylic acids is 1. The third-order valence-electron chi connectivity index (χ3n) is 4.06. The Kier molecular flexibility index (Phi) is 5.48. The second kappa shape index (κ2) is 7.83. The summed E-state index contributed by atoms with van der Waals surface area (Å²) in [5.74, 6) is -0.118. The Hall–Kier alpha value is -3.17. The number of para-hydroxylation sites is 2. The van der Waals surface area contributed by atoms with E-state index in [0.717, 1.165) is 4.68 Å². The van der Waals surface area contributed by atoms with Crippen LogP contribution >= 0.6 is 0 Å². The topological polar surface area (TPSA) is 69.0 Å². The number of methoxy groups -OCH3 is 1. The summed E-state index contributed by atoms with van der Waals surface area (Å²) in [6.45, 7) is 1.05. The van der Waals surface area contributed by atoms with E-state index in [2.05, 4.69) is 15.4 Å². The number of nitrogens with zero attached hydrogens (tertiary/aromatic N) is 3. The van der Waals surface area contributed by atoms with Crippen molar-refractivity contribution in [1.82, 2.24) is 14.8 Å². The van der Waals surface area contributed by atoms with Crippen molar-refractivity contribution in [2.75, 3.05) is 12.4 Å². The molecule has 0 bridgehead atoms. The molecule has 28 heavy (non-hydrogen) atoms. The number of hydrogen-bond acceptors (Lipinski definition) is 4. The number of rotatable bonds is 6. The second-order valence-electron chi connectivity index (χ2n) is 5.93. The lowest BCUT2D eigenvalue weighted by Gasteiger charge is -2.10. The lowest BCUT2D eigenvalue weighted by molar-refractivity contribution is -0.116. The highest BCUT2D eigenvalue weighted by Gasteiger charge is 2.24. The maximum Gasteiger partial charge on any atom is 0.280 e. The predicted octanol–water partition coefficient (Wildman–Crippen LogP) is 4.26. The van der Waals surface area contributed by atoms with Gasteiger partial charge >= 0.3 is 0 Å². The molecular formula is C18H16F4N4O2. The zero-order valence-corrected chi connectivity index (χ0v) is 14.9. The van der Waals surface area contributed by atoms with Crippen molar-refractivity contribution < 1.29 is 27.1 Å². The van der Waals surface area contributed by atoms with Crippen molar-refractivity contribution in [3.63, 3.8) is 0 Å². The molecule has 0 aliphatic rings. The van der Waals surface area contributed by atoms with Crippen molar-refractivity contribution in [1.29, 1.82) is 0 Å². The Bertz CT molecular complexity index is 1020. The molecule has 0 aliphatic carbocycles. The highest BCUT2D eigenvalue weighted by molar-refractivity contribution is 5.93. The van der Waals surface area contributed by atoms with Crippen LogP contribution in [0.2, 0.25) is 0 Å². The van der Waals surface area contributed by atoms with Crippen LogP contribution in [0.3, 0.4) is 0 Å². The SMILES string of the molecule is COc1ccccc1NC(=O)Cn1nc(C)c2c(C(F)F)cc(C(F)F)nc21. The molecule has 0 fully saturated rings. The highest BCUT2D eigenvalue weighted by Crippen LogP contribution is 2.32. The summed E-state index contributed by atoms with van der Waals surface area (Å²) in [6, 6.07) is 7.35. The Labute approximate surface area is 157 Å². The molecule has 10 heteroatoms. The number of halogens is 4. The van der Waals surface area contributed by atoms with Crippen LogP contribution < -0.4 is 10.1 Å². The minimum absolute atomic E-state index is 0.0375. The lowest BCUT2D eigenvalue weighted by atomic mass is 10.1. The third kappa shape index (κ3) is 3.75. The number of aromatic nitrogens is 3. The fraction of sp³-hybridized carbons (Fsp3) is 0.278. The van der Waals surface area contributed by atoms with Gasteiger partial charge in [-0.25, -0.2) is 27.2 Å². The zero-order valence-electron chi connectivity index (χ0n) is 14.9. The zero-order chi connectivity index (χ0) is 20.4. The van der Waals surface area contributed by atoms with E-state index in [4.69, 9.17) is 4.74 Å². The van der Waals surface area contributed by atoms with Crippen LogP contribution in [0.1, 0.15) is 29.8 Å². The summed E-state index contributed by atoms with van der Waals surface area (Å²) in [7, 11) is 1.44. The molecule has 0 aliphatic heterocycles. The number of carbonyl (C=O) groups is 1. The molecule has 0 unspecified atom stereocenters. The van der Waals surface area contributed by atoms with Gasteiger partial charge < -0.3 is 10.1 Å². The highest BCUT2D eigenvalue weighted by atomic mass is 19.3. The smallest absolute Gasteiger partial charge is 0.280 e. The molecule has 2 aromatic heterocycles. The van der Waals surface area contributed by atoms with Gasteiger partial charge in [0.05, 0.1) is 23.9 Å². The molecule has 3 aromatic rings. The van der Waals surface area contributed by atoms with Gasteiger partial charge in [0.15, 0.2) is 5.65 Å². The molecule has 3 rings (SSSR count). The number of nitrogens with one attached hydrogen (secondary N) is 1. The van der Waals surface area contributed by atoms with Crippen molar-refractivity contribution in [2.24, 2.45) is 0 Å². The standard InChI is InChI=1S/C18H16F4N4O2/c1-9-15-10(16(19)20)7-12(17(21)22)24-18(15)26(25-9)8-14(27)23-11-5-3-4-6-13(11)28-2/h3-7,16-17H,8H2,1-2H3,(H,23,27). The monoisotopic (exact) mass is 396 g/mol. The van der Waals surface area contributed by atoms with Gasteiger partial charge in [0, 0.05) is 5.56 Å². The fourth-order valence-corrected chi connectivity index (χ4v) is 2.87. The Morgan fingerprint density at radius 2 is 1.93 bits per heavy atom. The van der Waals surface area contributed by atoms with Gasteiger partial charge in [-0.1, -0.05) is 12.1 Å². The number of amides is 1. The van der Waals surface area contributed by atoms with Crippen LogP contribution in [0.15, 0.2) is 30.3 Å². The van der Waals surface area contributed by atoms with Gasteiger partial charge in [0.1, 0.15) is 18.0 Å². The molecule has 0 atom stereocenters. The lowest BCUT2D eigenvalue weighted by Crippen LogP contribution is -2.20. The number of anilines is 1. The van der Waals surface area contributed by atoms with E-state index in [1.807, 2.05) is 0 Å². The first-order chi connectivity index (χ1) is 13.3. The van der Waals surface area contributed by atoms with Crippen LogP contribution in [0.5, 0.6) is 5.75 Å². The van der Waals surface area contributed by atoms with E-state index in [9.17, 15) is 22.4 Å². The summed E-state index contributed by atoms with van der Waals surface area (Å²) in [6.07, 6.45) is -6.02. The van der Waals surface area contributed by atoms with Crippen LogP contribution in [0.4, 0.5) is 23.2 Å². The van der Waals surface area contributed by atoms with E-state index < -0.39 is 36.6 Å². The third-order valence-corrected chi connectivity index (χ3v) is 4.06. The molecule has 2 heterocycles. The Balaban J connectivity index is 1.98. The van der Waals surface area contributed by atoms with E-state index in [1.54, 1.807) is 24.3 Å². The normalized spacial score (nSPS) is 11.4. The van der Waals surface area contributed by atoms with Gasteiger partial charge in [-0.05, 0) is 25.1 Å². The Morgan fingerprint density at radius 3 is 2.57 bits per heavy atom. The average molecular weight is 396 g/mol. The predicted molar refractivity (Wildman–Crippen MR) is 93.8 cm³/mol. The van der Waals surface area contributed by atoms with E-state index in [-0.39, 0.29) is 16.7 Å². The van der Waals surface area contributed by atoms with Crippen LogP contribution in [-0.4, -0.2) is 27.8 Å². The first-order valence-corrected chi connectivity index (χ1v) is 8.19. The van der Waals surface area contributed by atoms with Gasteiger partial charge in [0.25, 0.3) is 12.9 Å². The first-order valence-electron chi connectivity index (χ1n) is 8.19. The fourth-order valence-electron chi connectivity index (χ4n) is 2.87. The molecule has 6 nitrogen and oxygen atoms in total. The Morgan fingerprint density at radius 1 is 1.21 bits per heavy atom. The van der Waals surface area contributed by atoms with E-state index >= 15 is 0 Å². The summed E-state index contributed by atoms with van der Waals surface area (Å²) in [5.41, 5.74) is -1.01. The molecule has 1 aromatic carbocycles. The van der Waals surface area contributed by atoms with Gasteiger partial charge in [-0.2, -0.15) is 5.10 Å². The van der Waals surface area contributed by atoms with Crippen LogP contribution in [0, 0.1) is 6.92 Å². The maximum atomic E-state index is 13.4. The quantitative estimate of drug-likeness (QED) is 0.632. The van der Waals surface area contributed by atoms with Crippen LogP contribution in [-0.2, 0) is 11.3 Å². The molecule has 0 radical (unpaired) electrons. The molecule has 0 spiro atoms. The average Bonchev–Trinajstić information content (AvgIpc) is 2.96. The van der Waals surface area contributed by atoms with Gasteiger partial charge in [-0.3, -0.25) is 4.79 Å². The van der Waals surface area contributed by atoms with E-state index in [1.165, 1.54) is 14.0 Å². The minimum atomic E-state index is -3.03. The molecule has 148 valence electrons. The van der Waals surface area contributed by atoms with Gasteiger partial charge in [-0.15, -0.1) is 0 Å². The minimum Gasteiger partial charge on any atom is -0.495 e. The summed E-state index contributed by atoms with van der Waals surface area (Å²) in [4.78, 5) is 16.1. The number of aryl methyl sites for hydroxylation is 1. The molecule has 1 N–H and O–H groups in total. The van der Waals surface area contributed by atoms with E-state index in [0.29, 0.717) is 17.5 Å². The van der Waals surface area contributed by atoms with Crippen molar-refractivity contribution in [3.8, 4) is 5.75 Å². The summed E-state index contributed by atoms with van der Waals surface area (Å²) < 4.78 is 59.1. The number of ether oxygens (including phenoxy) is 1. The summed E-state index contributed by atoms with van der Waals surface area (Å²) >= 11 is 0. The molecule has 1 amide bonds. The first kappa shape index (κ1) is 19.6. The second-order valence-corrected chi connectivity index (χ2v) is 5.93. The number of alkyl halides is 4. The van der Waals surface area contributed by atoms with Gasteiger partial charge in [0.2, 0.25) is 5.91 Å². The number of benzene rings is 1. The summed E-state index contributed by atoms with van der Waals surface area (Å²) in [5, 5.41) is 6.61. The van der Waals surface area contributed by atoms with Crippen molar-refractivity contribution >= 4 is 22.6 Å². The largest absolute Gasteiger partial charge is 0.495 e. The van der Waals surface area contributed by atoms with Crippen LogP contribution in [0.25, 0.3) is 11.0 Å². The number of hydrogen-bond donors (Lipinski definition) is 1. The molecule has 0 saturated heterocycles. The van der Waals surface area contributed by atoms with Crippen molar-refractivity contribution in [3.05, 3.63) is 47.3 Å². The van der Waals surface area contributed by atoms with Crippen molar-refractivity contribution in [2.45, 2.75) is 26.3 Å². The molecule has 0 saturated carbocycles. The number of fused-ring (bicyclic) bond motifs is 1.